The highest BCUT2D eigenvalue weighted by Crippen LogP contribution is 2.13. The van der Waals surface area contributed by atoms with Crippen molar-refractivity contribution in [3.8, 4) is 0 Å². The number of ether oxygens (including phenoxy) is 1. The van der Waals surface area contributed by atoms with Gasteiger partial charge in [-0.3, -0.25) is 4.90 Å². The van der Waals surface area contributed by atoms with Crippen molar-refractivity contribution in [2.24, 2.45) is 0 Å². The molecule has 0 radical (unpaired) electrons. The number of hydrogen-bond donors (Lipinski definition) is 0. The van der Waals surface area contributed by atoms with Gasteiger partial charge in [-0.25, -0.2) is 0 Å². The number of rotatable bonds is 3. The lowest BCUT2D eigenvalue weighted by Gasteiger charge is -2.33. The molecule has 1 saturated heterocycles. The van der Waals surface area contributed by atoms with E-state index in [1.165, 1.54) is 11.5 Å². The Balaban J connectivity index is 1.94. The molecule has 1 aliphatic rings. The van der Waals surface area contributed by atoms with Gasteiger partial charge >= 0.3 is 0 Å². The van der Waals surface area contributed by atoms with Crippen LogP contribution in [0.2, 0.25) is 0 Å². The number of aromatic nitrogens is 2. The van der Waals surface area contributed by atoms with Gasteiger partial charge in [0.25, 0.3) is 0 Å². The van der Waals surface area contributed by atoms with Crippen LogP contribution >= 0.6 is 27.5 Å². The van der Waals surface area contributed by atoms with Crippen molar-refractivity contribution in [3.05, 3.63) is 11.1 Å². The van der Waals surface area contributed by atoms with Crippen molar-refractivity contribution in [3.63, 3.8) is 0 Å². The van der Waals surface area contributed by atoms with Gasteiger partial charge in [-0.05, 0) is 11.5 Å². The van der Waals surface area contributed by atoms with E-state index >= 15 is 0 Å². The average Bonchev–Trinajstić information content (AvgIpc) is 2.71. The summed E-state index contributed by atoms with van der Waals surface area (Å²) in [5, 5.41) is 7.00. The molecule has 78 valence electrons. The molecule has 0 N–H and O–H groups in total. The summed E-state index contributed by atoms with van der Waals surface area (Å²) < 4.78 is 9.28. The highest BCUT2D eigenvalue weighted by Gasteiger charge is 2.22. The SMILES string of the molecule is BrCC1COCCN1Cc1csnn1. The predicted molar refractivity (Wildman–Crippen MR) is 58.7 cm³/mol. The van der Waals surface area contributed by atoms with Gasteiger partial charge in [0, 0.05) is 29.8 Å². The van der Waals surface area contributed by atoms with Gasteiger partial charge in [-0.1, -0.05) is 20.4 Å². The fourth-order valence-corrected chi connectivity index (χ4v) is 2.54. The lowest BCUT2D eigenvalue weighted by Crippen LogP contribution is -2.45. The topological polar surface area (TPSA) is 38.2 Å². The summed E-state index contributed by atoms with van der Waals surface area (Å²) in [6.45, 7) is 3.49. The summed E-state index contributed by atoms with van der Waals surface area (Å²) in [5.74, 6) is 0. The molecule has 1 aromatic rings. The minimum Gasteiger partial charge on any atom is -0.378 e. The van der Waals surface area contributed by atoms with Crippen LogP contribution in [0.25, 0.3) is 0 Å². The molecule has 0 amide bonds. The van der Waals surface area contributed by atoms with Crippen LogP contribution in [-0.4, -0.2) is 45.6 Å². The highest BCUT2D eigenvalue weighted by molar-refractivity contribution is 9.09. The van der Waals surface area contributed by atoms with Crippen LogP contribution in [0.5, 0.6) is 0 Å². The Morgan fingerprint density at radius 2 is 2.64 bits per heavy atom. The van der Waals surface area contributed by atoms with Crippen molar-refractivity contribution in [1.29, 1.82) is 0 Å². The Hall–Kier alpha value is -0.0400. The number of alkyl halides is 1. The first kappa shape index (κ1) is 10.5. The van der Waals surface area contributed by atoms with Crippen molar-refractivity contribution in [2.45, 2.75) is 12.6 Å². The van der Waals surface area contributed by atoms with Crippen LogP contribution < -0.4 is 0 Å². The molecule has 1 unspecified atom stereocenters. The minimum atomic E-state index is 0.463. The number of nitrogens with zero attached hydrogens (tertiary/aromatic N) is 3. The molecule has 1 aliphatic heterocycles. The third kappa shape index (κ3) is 2.50. The fraction of sp³-hybridized carbons (Fsp3) is 0.750. The Bertz CT molecular complexity index is 270. The van der Waals surface area contributed by atoms with Gasteiger partial charge in [-0.2, -0.15) is 0 Å². The van der Waals surface area contributed by atoms with Crippen molar-refractivity contribution in [1.82, 2.24) is 14.5 Å². The molecular formula is C8H12BrN3OS. The zero-order chi connectivity index (χ0) is 9.80. The average molecular weight is 278 g/mol. The maximum absolute atomic E-state index is 5.42. The summed E-state index contributed by atoms with van der Waals surface area (Å²) in [6, 6.07) is 0.463. The Kier molecular flexibility index (Phi) is 3.86. The van der Waals surface area contributed by atoms with E-state index in [-0.39, 0.29) is 0 Å². The van der Waals surface area contributed by atoms with Gasteiger partial charge < -0.3 is 4.74 Å². The summed E-state index contributed by atoms with van der Waals surface area (Å²) in [7, 11) is 0. The lowest BCUT2D eigenvalue weighted by molar-refractivity contribution is -0.00266. The van der Waals surface area contributed by atoms with Gasteiger partial charge in [0.2, 0.25) is 0 Å². The lowest BCUT2D eigenvalue weighted by atomic mass is 10.2. The van der Waals surface area contributed by atoms with E-state index in [0.29, 0.717) is 6.04 Å². The van der Waals surface area contributed by atoms with Gasteiger partial charge in [0.1, 0.15) is 0 Å². The smallest absolute Gasteiger partial charge is 0.0895 e. The molecule has 2 heterocycles. The molecule has 2 rings (SSSR count). The van der Waals surface area contributed by atoms with Crippen molar-refractivity contribution in [2.75, 3.05) is 25.1 Å². The third-order valence-electron chi connectivity index (χ3n) is 2.30. The van der Waals surface area contributed by atoms with E-state index in [4.69, 9.17) is 4.74 Å². The fourth-order valence-electron chi connectivity index (χ4n) is 1.50. The molecule has 0 bridgehead atoms. The molecule has 6 heteroatoms. The van der Waals surface area contributed by atoms with Crippen LogP contribution in [0.1, 0.15) is 5.69 Å². The van der Waals surface area contributed by atoms with E-state index in [1.54, 1.807) is 0 Å². The highest BCUT2D eigenvalue weighted by atomic mass is 79.9. The van der Waals surface area contributed by atoms with Gasteiger partial charge in [0.15, 0.2) is 0 Å². The van der Waals surface area contributed by atoms with Gasteiger partial charge in [-0.15, -0.1) is 5.10 Å². The van der Waals surface area contributed by atoms with Crippen LogP contribution in [0, 0.1) is 0 Å². The normalized spacial score (nSPS) is 23.9. The van der Waals surface area contributed by atoms with Crippen LogP contribution in [0.3, 0.4) is 0 Å². The van der Waals surface area contributed by atoms with Crippen LogP contribution in [0.4, 0.5) is 0 Å². The molecule has 4 nitrogen and oxygen atoms in total. The standard InChI is InChI=1S/C8H12BrN3OS/c9-3-8-5-13-2-1-12(8)4-7-6-14-11-10-7/h6,8H,1-5H2. The molecule has 0 aromatic carbocycles. The second-order valence-corrected chi connectivity index (χ2v) is 4.51. The number of halogens is 1. The van der Waals surface area contributed by atoms with Gasteiger partial charge in [0.05, 0.1) is 18.9 Å². The molecule has 1 aromatic heterocycles. The van der Waals surface area contributed by atoms with E-state index in [9.17, 15) is 0 Å². The Morgan fingerprint density at radius 1 is 1.71 bits per heavy atom. The van der Waals surface area contributed by atoms with Crippen molar-refractivity contribution >= 4 is 27.5 Å². The third-order valence-corrected chi connectivity index (χ3v) is 3.60. The second kappa shape index (κ2) is 5.16. The maximum atomic E-state index is 5.42. The first-order valence-corrected chi connectivity index (χ1v) is 6.49. The maximum Gasteiger partial charge on any atom is 0.0895 e. The van der Waals surface area contributed by atoms with E-state index in [2.05, 4.69) is 30.4 Å². The second-order valence-electron chi connectivity index (χ2n) is 3.25. The summed E-state index contributed by atoms with van der Waals surface area (Å²) in [4.78, 5) is 2.38. The minimum absolute atomic E-state index is 0.463. The molecule has 0 saturated carbocycles. The monoisotopic (exact) mass is 277 g/mol. The van der Waals surface area contributed by atoms with Crippen LogP contribution in [-0.2, 0) is 11.3 Å². The van der Waals surface area contributed by atoms with Crippen molar-refractivity contribution < 1.29 is 4.74 Å². The molecule has 0 aliphatic carbocycles. The summed E-state index contributed by atoms with van der Waals surface area (Å²) >= 11 is 4.91. The zero-order valence-electron chi connectivity index (χ0n) is 7.73. The molecule has 14 heavy (non-hydrogen) atoms. The van der Waals surface area contributed by atoms with E-state index in [0.717, 1.165) is 37.3 Å². The van der Waals surface area contributed by atoms with E-state index in [1.807, 2.05) is 5.38 Å². The number of hydrogen-bond acceptors (Lipinski definition) is 5. The molecule has 0 spiro atoms. The molecular weight excluding hydrogens is 266 g/mol. The quantitative estimate of drug-likeness (QED) is 0.777. The first-order valence-electron chi connectivity index (χ1n) is 4.54. The Labute approximate surface area is 95.5 Å². The van der Waals surface area contributed by atoms with E-state index < -0.39 is 0 Å². The predicted octanol–water partition coefficient (Wildman–Crippen LogP) is 1.13. The summed E-state index contributed by atoms with van der Waals surface area (Å²) in [6.07, 6.45) is 0. The molecule has 1 atom stereocenters. The Morgan fingerprint density at radius 3 is 3.36 bits per heavy atom. The van der Waals surface area contributed by atoms with Crippen LogP contribution in [0.15, 0.2) is 5.38 Å². The summed E-state index contributed by atoms with van der Waals surface area (Å²) in [5.41, 5.74) is 1.06. The largest absolute Gasteiger partial charge is 0.378 e. The number of morpholine rings is 1. The molecule has 1 fully saturated rings. The first-order chi connectivity index (χ1) is 6.90. The zero-order valence-corrected chi connectivity index (χ0v) is 10.1.